The second-order valence-corrected chi connectivity index (χ2v) is 11.6. The van der Waals surface area contributed by atoms with E-state index in [0.29, 0.717) is 36.5 Å². The summed E-state index contributed by atoms with van der Waals surface area (Å²) in [6, 6.07) is 0. The summed E-state index contributed by atoms with van der Waals surface area (Å²) in [6.07, 6.45) is 6.80. The minimum Gasteiger partial charge on any atom is -0.469 e. The fourth-order valence-corrected chi connectivity index (χ4v) is 8.88. The molecule has 0 aromatic carbocycles. The molecule has 0 aromatic rings. The van der Waals surface area contributed by atoms with E-state index in [9.17, 15) is 20.1 Å². The van der Waals surface area contributed by atoms with Crippen LogP contribution in [0.25, 0.3) is 0 Å². The van der Waals surface area contributed by atoms with Crippen molar-refractivity contribution in [2.24, 2.45) is 46.3 Å². The summed E-state index contributed by atoms with van der Waals surface area (Å²) in [7, 11) is 1.42. The number of methoxy groups -OCH3 is 1. The van der Waals surface area contributed by atoms with E-state index in [-0.39, 0.29) is 34.7 Å². The Balaban J connectivity index is 1.58. The van der Waals surface area contributed by atoms with Crippen LogP contribution in [0.2, 0.25) is 0 Å². The molecule has 0 spiro atoms. The van der Waals surface area contributed by atoms with Gasteiger partial charge in [-0.2, -0.15) is 0 Å². The normalized spacial score (nSPS) is 51.4. The lowest BCUT2D eigenvalue weighted by molar-refractivity contribution is -0.176. The van der Waals surface area contributed by atoms with E-state index < -0.39 is 12.2 Å². The van der Waals surface area contributed by atoms with Gasteiger partial charge in [-0.15, -0.1) is 0 Å². The van der Waals surface area contributed by atoms with Crippen molar-refractivity contribution in [3.05, 3.63) is 0 Å². The summed E-state index contributed by atoms with van der Waals surface area (Å²) in [5, 5.41) is 32.9. The smallest absolute Gasteiger partial charge is 0.305 e. The molecule has 172 valence electrons. The summed E-state index contributed by atoms with van der Waals surface area (Å²) in [5.74, 6) is 1.89. The highest BCUT2D eigenvalue weighted by molar-refractivity contribution is 5.69. The molecule has 0 amide bonds. The first-order valence-corrected chi connectivity index (χ1v) is 12.2. The molecule has 5 nitrogen and oxygen atoms in total. The summed E-state index contributed by atoms with van der Waals surface area (Å²) < 4.78 is 4.81. The zero-order chi connectivity index (χ0) is 21.8. The largest absolute Gasteiger partial charge is 0.469 e. The zero-order valence-electron chi connectivity index (χ0n) is 19.2. The SMILES string of the molecule is COC(=O)CC[C@@H](C)[C@H]1[C@H](O)C[C@@H]2[C@@H]3CC[C@@H]4C[C@H](O)CC[C@]4(C)[C@H]3C[C@H](O)[C@]12C. The maximum atomic E-state index is 11.7. The van der Waals surface area contributed by atoms with E-state index in [4.69, 9.17) is 4.74 Å². The van der Waals surface area contributed by atoms with Crippen LogP contribution in [0.4, 0.5) is 0 Å². The first-order chi connectivity index (χ1) is 14.1. The van der Waals surface area contributed by atoms with Gasteiger partial charge in [0.2, 0.25) is 0 Å². The summed E-state index contributed by atoms with van der Waals surface area (Å²) in [6.45, 7) is 6.76. The lowest BCUT2D eigenvalue weighted by Crippen LogP contribution is -2.59. The van der Waals surface area contributed by atoms with Crippen molar-refractivity contribution in [2.45, 2.75) is 96.9 Å². The van der Waals surface area contributed by atoms with E-state index >= 15 is 0 Å². The molecular weight excluding hydrogens is 380 g/mol. The Kier molecular flexibility index (Phi) is 6.04. The van der Waals surface area contributed by atoms with Crippen molar-refractivity contribution in [1.29, 1.82) is 0 Å². The van der Waals surface area contributed by atoms with Gasteiger partial charge in [-0.05, 0) is 92.3 Å². The number of aliphatic hydroxyl groups excluding tert-OH is 3. The van der Waals surface area contributed by atoms with E-state index in [1.807, 2.05) is 0 Å². The number of carbonyl (C=O) groups excluding carboxylic acids is 1. The van der Waals surface area contributed by atoms with Crippen LogP contribution in [0, 0.1) is 46.3 Å². The number of hydrogen-bond acceptors (Lipinski definition) is 5. The predicted octanol–water partition coefficient (Wildman–Crippen LogP) is 3.54. The van der Waals surface area contributed by atoms with Crippen molar-refractivity contribution in [1.82, 2.24) is 0 Å². The molecule has 4 rings (SSSR count). The van der Waals surface area contributed by atoms with Crippen molar-refractivity contribution in [3.8, 4) is 0 Å². The Morgan fingerprint density at radius 2 is 1.80 bits per heavy atom. The van der Waals surface area contributed by atoms with Crippen LogP contribution in [0.3, 0.4) is 0 Å². The highest BCUT2D eigenvalue weighted by Gasteiger charge is 2.65. The number of carbonyl (C=O) groups is 1. The predicted molar refractivity (Wildman–Crippen MR) is 114 cm³/mol. The summed E-state index contributed by atoms with van der Waals surface area (Å²) in [5.41, 5.74) is -0.0997. The Bertz CT molecular complexity index is 651. The molecule has 0 aromatic heterocycles. The van der Waals surface area contributed by atoms with Gasteiger partial charge < -0.3 is 20.1 Å². The van der Waals surface area contributed by atoms with Crippen LogP contribution in [0.1, 0.15) is 78.6 Å². The molecule has 3 N–H and O–H groups in total. The molecule has 0 aliphatic heterocycles. The third kappa shape index (κ3) is 3.34. The van der Waals surface area contributed by atoms with Gasteiger partial charge in [0, 0.05) is 11.8 Å². The molecule has 30 heavy (non-hydrogen) atoms. The van der Waals surface area contributed by atoms with Crippen molar-refractivity contribution < 1.29 is 24.9 Å². The van der Waals surface area contributed by atoms with Crippen molar-refractivity contribution in [3.63, 3.8) is 0 Å². The van der Waals surface area contributed by atoms with E-state index in [0.717, 1.165) is 44.9 Å². The quantitative estimate of drug-likeness (QED) is 0.603. The zero-order valence-corrected chi connectivity index (χ0v) is 19.2. The Morgan fingerprint density at radius 1 is 1.07 bits per heavy atom. The maximum absolute atomic E-state index is 11.7. The highest BCUT2D eigenvalue weighted by Crippen LogP contribution is 2.68. The van der Waals surface area contributed by atoms with Gasteiger partial charge in [-0.3, -0.25) is 4.79 Å². The molecule has 4 aliphatic carbocycles. The van der Waals surface area contributed by atoms with Gasteiger partial charge in [-0.25, -0.2) is 0 Å². The third-order valence-electron chi connectivity index (χ3n) is 10.5. The Morgan fingerprint density at radius 3 is 2.50 bits per heavy atom. The molecule has 11 atom stereocenters. The topological polar surface area (TPSA) is 87.0 Å². The maximum Gasteiger partial charge on any atom is 0.305 e. The van der Waals surface area contributed by atoms with Crippen LogP contribution in [-0.4, -0.2) is 46.7 Å². The van der Waals surface area contributed by atoms with Gasteiger partial charge in [0.1, 0.15) is 0 Å². The first-order valence-electron chi connectivity index (χ1n) is 12.2. The van der Waals surface area contributed by atoms with Gasteiger partial charge in [0.05, 0.1) is 25.4 Å². The molecule has 0 saturated heterocycles. The van der Waals surface area contributed by atoms with E-state index in [1.165, 1.54) is 7.11 Å². The number of hydrogen-bond donors (Lipinski definition) is 3. The minimum atomic E-state index is -0.422. The minimum absolute atomic E-state index is 0.0156. The van der Waals surface area contributed by atoms with Crippen LogP contribution in [0.5, 0.6) is 0 Å². The van der Waals surface area contributed by atoms with E-state index in [2.05, 4.69) is 20.8 Å². The monoisotopic (exact) mass is 422 g/mol. The van der Waals surface area contributed by atoms with Gasteiger partial charge in [-0.1, -0.05) is 20.8 Å². The first kappa shape index (κ1) is 22.5. The summed E-state index contributed by atoms with van der Waals surface area (Å²) in [4.78, 5) is 11.7. The van der Waals surface area contributed by atoms with Crippen LogP contribution in [-0.2, 0) is 9.53 Å². The molecule has 5 heteroatoms. The number of ether oxygens (including phenoxy) is 1. The van der Waals surface area contributed by atoms with Gasteiger partial charge in [0.15, 0.2) is 0 Å². The molecule has 0 radical (unpaired) electrons. The highest BCUT2D eigenvalue weighted by atomic mass is 16.5. The number of aliphatic hydroxyl groups is 3. The van der Waals surface area contributed by atoms with Gasteiger partial charge >= 0.3 is 5.97 Å². The molecule has 0 bridgehead atoms. The second-order valence-electron chi connectivity index (χ2n) is 11.6. The fraction of sp³-hybridized carbons (Fsp3) is 0.960. The Hall–Kier alpha value is -0.650. The Labute approximate surface area is 181 Å². The van der Waals surface area contributed by atoms with Crippen molar-refractivity contribution >= 4 is 5.97 Å². The number of fused-ring (bicyclic) bond motifs is 5. The van der Waals surface area contributed by atoms with E-state index in [1.54, 1.807) is 0 Å². The lowest BCUT2D eigenvalue weighted by Gasteiger charge is -2.62. The van der Waals surface area contributed by atoms with Crippen LogP contribution < -0.4 is 0 Å². The standard InChI is InChI=1S/C25H42O5/c1-14(5-8-22(29)30-4)23-20(27)12-19-17-7-6-15-11-16(26)9-10-24(15,2)18(17)13-21(28)25(19,23)3/h14-21,23,26-28H,5-13H2,1-4H3/t14-,15-,16-,17-,18+,19-,20-,21+,23+,24+,25-/m1/s1. The molecule has 4 fully saturated rings. The molecular formula is C25H42O5. The molecule has 4 saturated carbocycles. The molecule has 4 aliphatic rings. The third-order valence-corrected chi connectivity index (χ3v) is 10.5. The fourth-order valence-electron chi connectivity index (χ4n) is 8.88. The van der Waals surface area contributed by atoms with Crippen LogP contribution >= 0.6 is 0 Å². The molecule has 0 heterocycles. The average molecular weight is 423 g/mol. The average Bonchev–Trinajstić information content (AvgIpc) is 2.99. The number of esters is 1. The number of rotatable bonds is 4. The van der Waals surface area contributed by atoms with Crippen molar-refractivity contribution in [2.75, 3.05) is 7.11 Å². The lowest BCUT2D eigenvalue weighted by atomic mass is 9.43. The second kappa shape index (κ2) is 8.04. The van der Waals surface area contributed by atoms with Gasteiger partial charge in [0.25, 0.3) is 0 Å². The van der Waals surface area contributed by atoms with Crippen LogP contribution in [0.15, 0.2) is 0 Å². The molecule has 0 unspecified atom stereocenters. The summed E-state index contributed by atoms with van der Waals surface area (Å²) >= 11 is 0.